The minimum Gasteiger partial charge on any atom is -0.507 e. The van der Waals surface area contributed by atoms with Crippen molar-refractivity contribution in [2.45, 2.75) is 39.2 Å². The van der Waals surface area contributed by atoms with E-state index in [0.717, 1.165) is 21.3 Å². The van der Waals surface area contributed by atoms with Crippen LogP contribution in [0.25, 0.3) is 11.6 Å². The first kappa shape index (κ1) is 30.5. The molecule has 3 aromatic rings. The summed E-state index contributed by atoms with van der Waals surface area (Å²) in [5.74, 6) is -1.39. The third-order valence-electron chi connectivity index (χ3n) is 9.06. The van der Waals surface area contributed by atoms with E-state index in [1.165, 1.54) is 16.5 Å². The highest BCUT2D eigenvalue weighted by molar-refractivity contribution is 9.10. The van der Waals surface area contributed by atoms with Gasteiger partial charge in [0.2, 0.25) is 11.8 Å². The number of nitrogens with zero attached hydrogens (tertiary/aromatic N) is 2. The second-order valence-electron chi connectivity index (χ2n) is 12.0. The molecule has 3 N–H and O–H groups in total. The van der Waals surface area contributed by atoms with E-state index in [9.17, 15) is 24.7 Å². The number of hydrogen-bond acceptors (Lipinski definition) is 7. The van der Waals surface area contributed by atoms with Gasteiger partial charge in [-0.05, 0) is 90.3 Å². The Labute approximate surface area is 265 Å². The summed E-state index contributed by atoms with van der Waals surface area (Å²) >= 11 is 3.49. The number of carbonyl (C=O) groups is 2. The topological polar surface area (TPSA) is 120 Å². The third kappa shape index (κ3) is 5.67. The Morgan fingerprint density at radius 3 is 2.64 bits per heavy atom. The Morgan fingerprint density at radius 2 is 1.91 bits per heavy atom. The van der Waals surface area contributed by atoms with Crippen LogP contribution in [-0.2, 0) is 14.3 Å². The zero-order chi connectivity index (χ0) is 31.1. The second kappa shape index (κ2) is 12.4. The van der Waals surface area contributed by atoms with Crippen molar-refractivity contribution < 1.29 is 29.5 Å². The van der Waals surface area contributed by atoms with Crippen molar-refractivity contribution in [3.8, 4) is 5.75 Å². The fourth-order valence-corrected chi connectivity index (χ4v) is 7.36. The molecule has 6 rings (SSSR count). The summed E-state index contributed by atoms with van der Waals surface area (Å²) in [6.45, 7) is 4.60. The van der Waals surface area contributed by atoms with Gasteiger partial charge in [0.1, 0.15) is 5.75 Å². The van der Waals surface area contributed by atoms with Crippen LogP contribution in [0.2, 0.25) is 0 Å². The fraction of sp³-hybridized carbons (Fsp3) is 0.324. The van der Waals surface area contributed by atoms with Gasteiger partial charge in [-0.1, -0.05) is 53.5 Å². The van der Waals surface area contributed by atoms with Gasteiger partial charge >= 0.3 is 7.12 Å². The molecule has 1 aromatic heterocycles. The van der Waals surface area contributed by atoms with Crippen molar-refractivity contribution in [2.24, 2.45) is 23.7 Å². The number of phenolic OH excluding ortho intramolecular Hbond substituents is 1. The molecule has 0 radical (unpaired) electrons. The largest absolute Gasteiger partial charge is 0.507 e. The maximum absolute atomic E-state index is 13.9. The van der Waals surface area contributed by atoms with Crippen molar-refractivity contribution >= 4 is 57.7 Å². The molecule has 0 unspecified atom stereocenters. The number of amides is 2. The molecule has 0 spiro atoms. The SMILES string of the molecule is CC(C)C1=C2[C@@H](CC/C(=C/c3cc(Br)ccc3O)c3ccccn3)OC[C@@H]2[C@@H]2C(=O)N(c3cccc(B(O)O)c3)C(=O)[C@@H]2C1. The molecule has 2 aliphatic heterocycles. The number of fused-ring (bicyclic) bond motifs is 3. The van der Waals surface area contributed by atoms with Gasteiger partial charge in [-0.3, -0.25) is 19.5 Å². The standard InChI is InChI=1S/C34H34BBrN2O6/c1-19(2)25-17-26-32(34(41)38(33(26)40)24-7-5-6-22(16-24)35(42)43)27-18-44-30(31(25)27)12-9-20(28-8-3-4-13-37-28)14-21-15-23(36)10-11-29(21)39/h3-8,10-11,13-16,19,26-27,30,32,39,42-43H,9,12,17-18H2,1-2H3/b20-14-/t26-,27+,30-,32-/m1/s1. The van der Waals surface area contributed by atoms with Gasteiger partial charge in [0.25, 0.3) is 0 Å². The highest BCUT2D eigenvalue weighted by atomic mass is 79.9. The number of phenols is 1. The van der Waals surface area contributed by atoms with Crippen molar-refractivity contribution in [3.05, 3.63) is 93.7 Å². The Hall–Kier alpha value is -3.57. The summed E-state index contributed by atoms with van der Waals surface area (Å²) in [7, 11) is -1.70. The number of allylic oxidation sites excluding steroid dienone is 2. The number of ether oxygens (including phenoxy) is 1. The average Bonchev–Trinajstić information content (AvgIpc) is 3.54. The van der Waals surface area contributed by atoms with Gasteiger partial charge in [-0.15, -0.1) is 0 Å². The first-order valence-corrected chi connectivity index (χ1v) is 15.7. The molecule has 8 nitrogen and oxygen atoms in total. The van der Waals surface area contributed by atoms with Crippen LogP contribution in [-0.4, -0.2) is 51.8 Å². The van der Waals surface area contributed by atoms with E-state index in [0.29, 0.717) is 37.1 Å². The number of imide groups is 1. The van der Waals surface area contributed by atoms with Crippen molar-refractivity contribution in [2.75, 3.05) is 11.5 Å². The second-order valence-corrected chi connectivity index (χ2v) is 12.9. The fourth-order valence-electron chi connectivity index (χ4n) is 6.98. The molecular weight excluding hydrogens is 623 g/mol. The summed E-state index contributed by atoms with van der Waals surface area (Å²) in [4.78, 5) is 33.5. The smallest absolute Gasteiger partial charge is 0.488 e. The maximum Gasteiger partial charge on any atom is 0.488 e. The molecule has 3 heterocycles. The zero-order valence-electron chi connectivity index (χ0n) is 24.6. The van der Waals surface area contributed by atoms with Crippen LogP contribution in [0.15, 0.2) is 82.5 Å². The van der Waals surface area contributed by atoms with Gasteiger partial charge in [0.15, 0.2) is 0 Å². The van der Waals surface area contributed by atoms with Crippen molar-refractivity contribution in [1.82, 2.24) is 4.98 Å². The third-order valence-corrected chi connectivity index (χ3v) is 9.55. The lowest BCUT2D eigenvalue weighted by molar-refractivity contribution is -0.122. The predicted molar refractivity (Wildman–Crippen MR) is 173 cm³/mol. The quantitative estimate of drug-likeness (QED) is 0.182. The van der Waals surface area contributed by atoms with Crippen molar-refractivity contribution in [3.63, 3.8) is 0 Å². The number of anilines is 1. The minimum absolute atomic E-state index is 0.173. The molecule has 3 aliphatic rings. The van der Waals surface area contributed by atoms with Crippen LogP contribution in [0, 0.1) is 23.7 Å². The van der Waals surface area contributed by atoms with E-state index < -0.39 is 19.0 Å². The highest BCUT2D eigenvalue weighted by Crippen LogP contribution is 2.52. The summed E-state index contributed by atoms with van der Waals surface area (Å²) in [5, 5.41) is 29.9. The number of aromatic hydroxyl groups is 1. The number of rotatable bonds is 8. The number of aromatic nitrogens is 1. The Morgan fingerprint density at radius 1 is 1.09 bits per heavy atom. The van der Waals surface area contributed by atoms with E-state index >= 15 is 0 Å². The zero-order valence-corrected chi connectivity index (χ0v) is 26.1. The summed E-state index contributed by atoms with van der Waals surface area (Å²) < 4.78 is 7.29. The molecule has 10 heteroatoms. The van der Waals surface area contributed by atoms with Crippen LogP contribution in [0.5, 0.6) is 5.75 Å². The number of halogens is 1. The van der Waals surface area contributed by atoms with E-state index in [1.54, 1.807) is 36.5 Å². The van der Waals surface area contributed by atoms with Crippen LogP contribution in [0.4, 0.5) is 5.69 Å². The van der Waals surface area contributed by atoms with Gasteiger partial charge in [-0.2, -0.15) is 0 Å². The van der Waals surface area contributed by atoms with E-state index in [1.807, 2.05) is 30.3 Å². The Bertz CT molecular complexity index is 1660. The van der Waals surface area contributed by atoms with E-state index in [-0.39, 0.29) is 41.0 Å². The van der Waals surface area contributed by atoms with E-state index in [4.69, 9.17) is 4.74 Å². The van der Waals surface area contributed by atoms with Crippen LogP contribution in [0.1, 0.15) is 44.4 Å². The molecule has 4 atom stereocenters. The number of pyridine rings is 1. The predicted octanol–water partition coefficient (Wildman–Crippen LogP) is 4.73. The monoisotopic (exact) mass is 656 g/mol. The normalized spacial score (nSPS) is 23.4. The van der Waals surface area contributed by atoms with Gasteiger partial charge in [-0.25, -0.2) is 0 Å². The molecule has 0 bridgehead atoms. The van der Waals surface area contributed by atoms with E-state index in [2.05, 4.69) is 34.8 Å². The van der Waals surface area contributed by atoms with Crippen LogP contribution < -0.4 is 10.4 Å². The molecule has 44 heavy (non-hydrogen) atoms. The van der Waals surface area contributed by atoms with Gasteiger partial charge < -0.3 is 19.9 Å². The molecule has 226 valence electrons. The van der Waals surface area contributed by atoms with Gasteiger partial charge in [0, 0.05) is 22.2 Å². The average molecular weight is 657 g/mol. The molecule has 2 amide bonds. The van der Waals surface area contributed by atoms with Crippen LogP contribution >= 0.6 is 15.9 Å². The lowest BCUT2D eigenvalue weighted by Gasteiger charge is -2.33. The number of carbonyl (C=O) groups excluding carboxylic acids is 2. The lowest BCUT2D eigenvalue weighted by atomic mass is 9.67. The highest BCUT2D eigenvalue weighted by Gasteiger charge is 2.57. The molecule has 2 aromatic carbocycles. The number of hydrogen-bond donors (Lipinski definition) is 3. The van der Waals surface area contributed by atoms with Crippen LogP contribution in [0.3, 0.4) is 0 Å². The Balaban J connectivity index is 1.30. The summed E-state index contributed by atoms with van der Waals surface area (Å²) in [5.41, 5.74) is 5.33. The van der Waals surface area contributed by atoms with Crippen molar-refractivity contribution in [1.29, 1.82) is 0 Å². The molecule has 1 aliphatic carbocycles. The number of benzene rings is 2. The lowest BCUT2D eigenvalue weighted by Crippen LogP contribution is -2.36. The van der Waals surface area contributed by atoms with Gasteiger partial charge in [0.05, 0.1) is 35.9 Å². The first-order valence-electron chi connectivity index (χ1n) is 14.9. The summed E-state index contributed by atoms with van der Waals surface area (Å²) in [6.07, 6.45) is 5.26. The minimum atomic E-state index is -1.70. The molecule has 2 saturated heterocycles. The molecule has 0 saturated carbocycles. The maximum atomic E-state index is 13.9. The summed E-state index contributed by atoms with van der Waals surface area (Å²) in [6, 6.07) is 17.4. The molecular formula is C34H34BBrN2O6. The Kier molecular flexibility index (Phi) is 8.61. The molecule has 2 fully saturated rings. The first-order chi connectivity index (χ1) is 21.1.